The molecule has 160 valence electrons. The predicted molar refractivity (Wildman–Crippen MR) is 132 cm³/mol. The van der Waals surface area contributed by atoms with Gasteiger partial charge in [0.15, 0.2) is 17.5 Å². The first kappa shape index (κ1) is 25.1. The van der Waals surface area contributed by atoms with Gasteiger partial charge in [-0.25, -0.2) is 0 Å². The molecule has 0 spiro atoms. The average Bonchev–Trinajstić information content (AvgIpc) is 2.72. The van der Waals surface area contributed by atoms with E-state index in [1.807, 2.05) is 25.2 Å². The molecule has 29 heavy (non-hydrogen) atoms. The first-order valence-electron chi connectivity index (χ1n) is 9.59. The second-order valence-corrected chi connectivity index (χ2v) is 7.51. The van der Waals surface area contributed by atoms with Crippen LogP contribution in [0.4, 0.5) is 0 Å². The summed E-state index contributed by atoms with van der Waals surface area (Å²) in [6, 6.07) is 16.6. The Morgan fingerprint density at radius 1 is 1.03 bits per heavy atom. The number of halogens is 1. The van der Waals surface area contributed by atoms with Gasteiger partial charge in [-0.3, -0.25) is 4.99 Å². The minimum Gasteiger partial charge on any atom is -0.493 e. The molecule has 5 nitrogen and oxygen atoms in total. The highest BCUT2D eigenvalue weighted by atomic mass is 127. The van der Waals surface area contributed by atoms with Crippen molar-refractivity contribution in [3.05, 3.63) is 59.7 Å². The van der Waals surface area contributed by atoms with Crippen molar-refractivity contribution in [2.24, 2.45) is 4.99 Å². The highest BCUT2D eigenvalue weighted by molar-refractivity contribution is 14.0. The minimum absolute atomic E-state index is 0. The summed E-state index contributed by atoms with van der Waals surface area (Å²) in [6.45, 7) is 6.14. The van der Waals surface area contributed by atoms with Crippen LogP contribution in [0.3, 0.4) is 0 Å². The summed E-state index contributed by atoms with van der Waals surface area (Å²) in [5, 5.41) is 3.52. The minimum atomic E-state index is 0. The standard InChI is InChI=1S/C23H33N3O2.HI/c1-23(2,19-10-8-7-9-11-19)17-25-22(24-3)26(4)15-14-18-12-13-20(27-5)21(16-18)28-6;/h7-13,16H,14-15,17H2,1-6H3,(H,24,25);1H. The molecule has 0 aliphatic rings. The molecule has 0 aliphatic carbocycles. The predicted octanol–water partition coefficient (Wildman–Crippen LogP) is 4.35. The van der Waals surface area contributed by atoms with E-state index in [1.165, 1.54) is 11.1 Å². The molecule has 0 aromatic heterocycles. The van der Waals surface area contributed by atoms with Gasteiger partial charge < -0.3 is 19.7 Å². The third-order valence-electron chi connectivity index (χ3n) is 5.00. The summed E-state index contributed by atoms with van der Waals surface area (Å²) in [5.74, 6) is 2.40. The zero-order valence-corrected chi connectivity index (χ0v) is 20.7. The Balaban J connectivity index is 0.00000420. The number of hydrogen-bond acceptors (Lipinski definition) is 3. The molecule has 0 saturated carbocycles. The third kappa shape index (κ3) is 7.10. The lowest BCUT2D eigenvalue weighted by Crippen LogP contribution is -2.44. The zero-order chi connectivity index (χ0) is 20.6. The van der Waals surface area contributed by atoms with E-state index in [4.69, 9.17) is 9.47 Å². The smallest absolute Gasteiger partial charge is 0.193 e. The maximum Gasteiger partial charge on any atom is 0.193 e. The van der Waals surface area contributed by atoms with Crippen molar-refractivity contribution in [3.8, 4) is 11.5 Å². The quantitative estimate of drug-likeness (QED) is 0.325. The molecule has 0 fully saturated rings. The van der Waals surface area contributed by atoms with Crippen molar-refractivity contribution in [3.63, 3.8) is 0 Å². The Labute approximate surface area is 192 Å². The Morgan fingerprint density at radius 3 is 2.28 bits per heavy atom. The molecule has 1 N–H and O–H groups in total. The van der Waals surface area contributed by atoms with Crippen molar-refractivity contribution >= 4 is 29.9 Å². The number of aliphatic imine (C=N–C) groups is 1. The largest absolute Gasteiger partial charge is 0.493 e. The van der Waals surface area contributed by atoms with Gasteiger partial charge in [0.25, 0.3) is 0 Å². The van der Waals surface area contributed by atoms with E-state index in [0.29, 0.717) is 0 Å². The molecule has 0 amide bonds. The summed E-state index contributed by atoms with van der Waals surface area (Å²) in [6.07, 6.45) is 0.889. The van der Waals surface area contributed by atoms with E-state index in [2.05, 4.69) is 66.4 Å². The molecule has 0 bridgehead atoms. The zero-order valence-electron chi connectivity index (χ0n) is 18.4. The van der Waals surface area contributed by atoms with Crippen LogP contribution in [0.5, 0.6) is 11.5 Å². The van der Waals surface area contributed by atoms with Crippen LogP contribution >= 0.6 is 24.0 Å². The van der Waals surface area contributed by atoms with Crippen LogP contribution < -0.4 is 14.8 Å². The lowest BCUT2D eigenvalue weighted by atomic mass is 9.85. The first-order chi connectivity index (χ1) is 13.4. The fourth-order valence-corrected chi connectivity index (χ4v) is 3.11. The van der Waals surface area contributed by atoms with Gasteiger partial charge in [0, 0.05) is 32.6 Å². The molecular formula is C23H34IN3O2. The number of ether oxygens (including phenoxy) is 2. The topological polar surface area (TPSA) is 46.1 Å². The highest BCUT2D eigenvalue weighted by Gasteiger charge is 2.21. The number of guanidine groups is 1. The highest BCUT2D eigenvalue weighted by Crippen LogP contribution is 2.27. The molecule has 2 aromatic rings. The lowest BCUT2D eigenvalue weighted by molar-refractivity contribution is 0.354. The van der Waals surface area contributed by atoms with Gasteiger partial charge in [-0.1, -0.05) is 50.2 Å². The Bertz CT molecular complexity index is 779. The summed E-state index contributed by atoms with van der Waals surface area (Å²) in [7, 11) is 7.20. The number of hydrogen-bond donors (Lipinski definition) is 1. The molecular weight excluding hydrogens is 477 g/mol. The fourth-order valence-electron chi connectivity index (χ4n) is 3.11. The molecule has 0 radical (unpaired) electrons. The molecule has 0 saturated heterocycles. The maximum absolute atomic E-state index is 5.40. The van der Waals surface area contributed by atoms with Crippen molar-refractivity contribution in [2.75, 3.05) is 41.4 Å². The van der Waals surface area contributed by atoms with Crippen LogP contribution in [0.25, 0.3) is 0 Å². The molecule has 2 aromatic carbocycles. The first-order valence-corrected chi connectivity index (χ1v) is 9.59. The Morgan fingerprint density at radius 2 is 1.69 bits per heavy atom. The van der Waals surface area contributed by atoms with Crippen molar-refractivity contribution in [2.45, 2.75) is 25.7 Å². The molecule has 6 heteroatoms. The van der Waals surface area contributed by atoms with Gasteiger partial charge in [0.1, 0.15) is 0 Å². The molecule has 2 rings (SSSR count). The van der Waals surface area contributed by atoms with Gasteiger partial charge in [0.05, 0.1) is 14.2 Å². The number of likely N-dealkylation sites (N-methyl/N-ethyl adjacent to an activating group) is 1. The number of methoxy groups -OCH3 is 2. The summed E-state index contributed by atoms with van der Waals surface area (Å²) in [5.41, 5.74) is 2.52. The van der Waals surface area contributed by atoms with E-state index in [1.54, 1.807) is 14.2 Å². The molecule has 0 heterocycles. The monoisotopic (exact) mass is 511 g/mol. The van der Waals surface area contributed by atoms with Crippen LogP contribution in [0.2, 0.25) is 0 Å². The second-order valence-electron chi connectivity index (χ2n) is 7.51. The molecule has 0 aliphatic heterocycles. The van der Waals surface area contributed by atoms with Crippen molar-refractivity contribution in [1.82, 2.24) is 10.2 Å². The van der Waals surface area contributed by atoms with E-state index in [0.717, 1.165) is 37.0 Å². The Hall–Kier alpha value is -1.96. The van der Waals surface area contributed by atoms with Gasteiger partial charge in [-0.2, -0.15) is 0 Å². The molecule has 0 unspecified atom stereocenters. The van der Waals surface area contributed by atoms with Crippen LogP contribution in [-0.4, -0.2) is 52.3 Å². The van der Waals surface area contributed by atoms with Crippen LogP contribution in [0, 0.1) is 0 Å². The van der Waals surface area contributed by atoms with E-state index in [-0.39, 0.29) is 29.4 Å². The summed E-state index contributed by atoms with van der Waals surface area (Å²) < 4.78 is 10.7. The SMILES string of the molecule is CN=C(NCC(C)(C)c1ccccc1)N(C)CCc1ccc(OC)c(OC)c1.I. The van der Waals surface area contributed by atoms with Gasteiger partial charge in [0.2, 0.25) is 0 Å². The normalized spacial score (nSPS) is 11.4. The number of benzene rings is 2. The average molecular weight is 511 g/mol. The van der Waals surface area contributed by atoms with E-state index in [9.17, 15) is 0 Å². The van der Waals surface area contributed by atoms with Gasteiger partial charge in [-0.05, 0) is 29.7 Å². The summed E-state index contributed by atoms with van der Waals surface area (Å²) >= 11 is 0. The van der Waals surface area contributed by atoms with Crippen LogP contribution in [-0.2, 0) is 11.8 Å². The maximum atomic E-state index is 5.40. The van der Waals surface area contributed by atoms with Crippen LogP contribution in [0.15, 0.2) is 53.5 Å². The summed E-state index contributed by atoms with van der Waals surface area (Å²) in [4.78, 5) is 6.60. The van der Waals surface area contributed by atoms with Crippen molar-refractivity contribution < 1.29 is 9.47 Å². The fraction of sp³-hybridized carbons (Fsp3) is 0.435. The van der Waals surface area contributed by atoms with Gasteiger partial charge >= 0.3 is 0 Å². The van der Waals surface area contributed by atoms with Gasteiger partial charge in [-0.15, -0.1) is 24.0 Å². The van der Waals surface area contributed by atoms with Crippen molar-refractivity contribution in [1.29, 1.82) is 0 Å². The number of nitrogens with zero attached hydrogens (tertiary/aromatic N) is 2. The van der Waals surface area contributed by atoms with E-state index < -0.39 is 0 Å². The number of rotatable bonds is 8. The van der Waals surface area contributed by atoms with Crippen LogP contribution in [0.1, 0.15) is 25.0 Å². The lowest BCUT2D eigenvalue weighted by Gasteiger charge is -2.29. The number of nitrogens with one attached hydrogen (secondary N) is 1. The molecule has 0 atom stereocenters. The second kappa shape index (κ2) is 11.9. The van der Waals surface area contributed by atoms with E-state index >= 15 is 0 Å². The third-order valence-corrected chi connectivity index (χ3v) is 5.00. The Kier molecular flexibility index (Phi) is 10.3.